The highest BCUT2D eigenvalue weighted by atomic mass is 35.5. The molecule has 13 heavy (non-hydrogen) atoms. The first-order chi connectivity index (χ1) is 6.25. The molecule has 1 aliphatic rings. The summed E-state index contributed by atoms with van der Waals surface area (Å²) in [6.07, 6.45) is 0.0345. The van der Waals surface area contributed by atoms with Gasteiger partial charge < -0.3 is 4.74 Å². The molecule has 2 nitrogen and oxygen atoms in total. The van der Waals surface area contributed by atoms with Crippen LogP contribution in [0, 0.1) is 0 Å². The summed E-state index contributed by atoms with van der Waals surface area (Å²) in [4.78, 5) is 0. The van der Waals surface area contributed by atoms with Gasteiger partial charge in [0.2, 0.25) is 0 Å². The van der Waals surface area contributed by atoms with Crippen molar-refractivity contribution < 1.29 is 4.74 Å². The van der Waals surface area contributed by atoms with Crippen LogP contribution in [0.4, 0.5) is 0 Å². The Morgan fingerprint density at radius 3 is 2.62 bits per heavy atom. The van der Waals surface area contributed by atoms with E-state index in [0.29, 0.717) is 6.04 Å². The second-order valence-electron chi connectivity index (χ2n) is 3.33. The largest absolute Gasteiger partial charge is 0.357 e. The second-order valence-corrected chi connectivity index (χ2v) is 3.77. The van der Waals surface area contributed by atoms with E-state index in [1.807, 2.05) is 24.3 Å². The maximum atomic E-state index is 5.79. The van der Waals surface area contributed by atoms with Gasteiger partial charge in [-0.1, -0.05) is 23.7 Å². The molecule has 3 heteroatoms. The van der Waals surface area contributed by atoms with Gasteiger partial charge in [-0.15, -0.1) is 0 Å². The van der Waals surface area contributed by atoms with Crippen molar-refractivity contribution in [1.82, 2.24) is 5.32 Å². The molecule has 1 aromatic carbocycles. The Labute approximate surface area is 82.9 Å². The third-order valence-electron chi connectivity index (χ3n) is 2.12. The number of ether oxygens (including phenoxy) is 1. The number of hydrogen-bond donors (Lipinski definition) is 1. The van der Waals surface area contributed by atoms with Gasteiger partial charge >= 0.3 is 0 Å². The Balaban J connectivity index is 2.13. The molecule has 0 saturated carbocycles. The van der Waals surface area contributed by atoms with Crippen molar-refractivity contribution in [1.29, 1.82) is 0 Å². The topological polar surface area (TPSA) is 21.3 Å². The van der Waals surface area contributed by atoms with Gasteiger partial charge in [-0.3, -0.25) is 5.32 Å². The van der Waals surface area contributed by atoms with Gasteiger partial charge in [-0.25, -0.2) is 0 Å². The number of rotatable bonds is 1. The molecule has 2 atom stereocenters. The molecular weight excluding hydrogens is 186 g/mol. The van der Waals surface area contributed by atoms with E-state index in [4.69, 9.17) is 16.3 Å². The van der Waals surface area contributed by atoms with Crippen molar-refractivity contribution in [3.8, 4) is 0 Å². The molecule has 0 bridgehead atoms. The van der Waals surface area contributed by atoms with Crippen LogP contribution in [-0.2, 0) is 4.74 Å². The molecule has 1 heterocycles. The maximum absolute atomic E-state index is 5.79. The number of nitrogens with one attached hydrogen (secondary N) is 1. The lowest BCUT2D eigenvalue weighted by molar-refractivity contribution is 0.101. The molecule has 2 rings (SSSR count). The highest BCUT2D eigenvalue weighted by Gasteiger charge is 2.21. The van der Waals surface area contributed by atoms with Crippen LogP contribution in [0.25, 0.3) is 0 Å². The predicted octanol–water partition coefficient (Wildman–Crippen LogP) is 2.35. The standard InChI is InChI=1S/C10H12ClNO/c1-7-6-13-10(12-7)8-2-4-9(11)5-3-8/h2-5,7,10,12H,6H2,1H3/t7-,10?/m0/s1. The Morgan fingerprint density at radius 2 is 2.08 bits per heavy atom. The van der Waals surface area contributed by atoms with Crippen LogP contribution in [0.2, 0.25) is 5.02 Å². The summed E-state index contributed by atoms with van der Waals surface area (Å²) in [5, 5.41) is 4.08. The van der Waals surface area contributed by atoms with Gasteiger partial charge in [-0.2, -0.15) is 0 Å². The van der Waals surface area contributed by atoms with Gasteiger partial charge in [0.05, 0.1) is 6.61 Å². The number of hydrogen-bond acceptors (Lipinski definition) is 2. The summed E-state index contributed by atoms with van der Waals surface area (Å²) < 4.78 is 5.54. The molecule has 1 fully saturated rings. The lowest BCUT2D eigenvalue weighted by atomic mass is 10.2. The zero-order chi connectivity index (χ0) is 9.26. The van der Waals surface area contributed by atoms with E-state index in [2.05, 4.69) is 12.2 Å². The van der Waals surface area contributed by atoms with Crippen LogP contribution in [0.5, 0.6) is 0 Å². The highest BCUT2D eigenvalue weighted by Crippen LogP contribution is 2.21. The maximum Gasteiger partial charge on any atom is 0.134 e. The quantitative estimate of drug-likeness (QED) is 0.746. The molecule has 1 N–H and O–H groups in total. The zero-order valence-electron chi connectivity index (χ0n) is 7.46. The highest BCUT2D eigenvalue weighted by molar-refractivity contribution is 6.30. The van der Waals surface area contributed by atoms with Crippen molar-refractivity contribution in [3.05, 3.63) is 34.9 Å². The monoisotopic (exact) mass is 197 g/mol. The van der Waals surface area contributed by atoms with Crippen molar-refractivity contribution in [2.75, 3.05) is 6.61 Å². The van der Waals surface area contributed by atoms with Crippen molar-refractivity contribution >= 4 is 11.6 Å². The molecule has 0 spiro atoms. The van der Waals surface area contributed by atoms with E-state index in [1.165, 1.54) is 0 Å². The Hall–Kier alpha value is -0.570. The molecule has 0 radical (unpaired) electrons. The van der Waals surface area contributed by atoms with Gasteiger partial charge in [-0.05, 0) is 24.6 Å². The third-order valence-corrected chi connectivity index (χ3v) is 2.37. The van der Waals surface area contributed by atoms with E-state index in [0.717, 1.165) is 17.2 Å². The van der Waals surface area contributed by atoms with Gasteiger partial charge in [0.15, 0.2) is 0 Å². The average Bonchev–Trinajstić information content (AvgIpc) is 2.53. The predicted molar refractivity (Wildman–Crippen MR) is 52.7 cm³/mol. The number of benzene rings is 1. The molecule has 70 valence electrons. The Bertz CT molecular complexity index is 285. The van der Waals surface area contributed by atoms with Crippen LogP contribution < -0.4 is 5.32 Å². The van der Waals surface area contributed by atoms with Crippen LogP contribution in [0.3, 0.4) is 0 Å². The molecule has 1 unspecified atom stereocenters. The SMILES string of the molecule is C[C@H]1COC(c2ccc(Cl)cc2)N1. The van der Waals surface area contributed by atoms with Crippen molar-refractivity contribution in [2.45, 2.75) is 19.2 Å². The molecular formula is C10H12ClNO. The van der Waals surface area contributed by atoms with Crippen LogP contribution in [0.1, 0.15) is 18.7 Å². The second kappa shape index (κ2) is 3.66. The van der Waals surface area contributed by atoms with Crippen LogP contribution in [-0.4, -0.2) is 12.6 Å². The minimum atomic E-state index is 0.0345. The fourth-order valence-electron chi connectivity index (χ4n) is 1.43. The Morgan fingerprint density at radius 1 is 1.38 bits per heavy atom. The van der Waals surface area contributed by atoms with E-state index >= 15 is 0 Å². The smallest absolute Gasteiger partial charge is 0.134 e. The lowest BCUT2D eigenvalue weighted by Gasteiger charge is -2.10. The van der Waals surface area contributed by atoms with E-state index in [1.54, 1.807) is 0 Å². The fourth-order valence-corrected chi connectivity index (χ4v) is 1.55. The summed E-state index contributed by atoms with van der Waals surface area (Å²) in [6, 6.07) is 8.16. The lowest BCUT2D eigenvalue weighted by Crippen LogP contribution is -2.22. The summed E-state index contributed by atoms with van der Waals surface area (Å²) in [5.74, 6) is 0. The first-order valence-electron chi connectivity index (χ1n) is 4.39. The molecule has 0 aromatic heterocycles. The summed E-state index contributed by atoms with van der Waals surface area (Å²) in [6.45, 7) is 2.88. The molecule has 0 amide bonds. The van der Waals surface area contributed by atoms with Crippen LogP contribution in [0.15, 0.2) is 24.3 Å². The molecule has 1 aliphatic heterocycles. The summed E-state index contributed by atoms with van der Waals surface area (Å²) in [5.41, 5.74) is 1.13. The first-order valence-corrected chi connectivity index (χ1v) is 4.76. The van der Waals surface area contributed by atoms with Crippen molar-refractivity contribution in [3.63, 3.8) is 0 Å². The molecule has 0 aliphatic carbocycles. The normalized spacial score (nSPS) is 27.8. The first kappa shape index (κ1) is 9.00. The van der Waals surface area contributed by atoms with Crippen molar-refractivity contribution in [2.24, 2.45) is 0 Å². The minimum absolute atomic E-state index is 0.0345. The van der Waals surface area contributed by atoms with Crippen LogP contribution >= 0.6 is 11.6 Å². The van der Waals surface area contributed by atoms with Gasteiger partial charge in [0.1, 0.15) is 6.23 Å². The average molecular weight is 198 g/mol. The zero-order valence-corrected chi connectivity index (χ0v) is 8.21. The van der Waals surface area contributed by atoms with E-state index in [9.17, 15) is 0 Å². The van der Waals surface area contributed by atoms with E-state index < -0.39 is 0 Å². The van der Waals surface area contributed by atoms with E-state index in [-0.39, 0.29) is 6.23 Å². The molecule has 1 saturated heterocycles. The molecule has 1 aromatic rings. The van der Waals surface area contributed by atoms with Gasteiger partial charge in [0.25, 0.3) is 0 Å². The fraction of sp³-hybridized carbons (Fsp3) is 0.400. The number of halogens is 1. The Kier molecular flexibility index (Phi) is 2.54. The summed E-state index contributed by atoms with van der Waals surface area (Å²) >= 11 is 5.79. The van der Waals surface area contributed by atoms with Gasteiger partial charge in [0, 0.05) is 11.1 Å². The third kappa shape index (κ3) is 2.02. The summed E-state index contributed by atoms with van der Waals surface area (Å²) in [7, 11) is 0. The minimum Gasteiger partial charge on any atom is -0.357 e.